The van der Waals surface area contributed by atoms with E-state index < -0.39 is 5.92 Å². The SMILES string of the molecule is O=C1C[C@H](C(=O)N2CCC[C@]3(C[C@@H](Oc4ccc(Cl)cc4)CO3)C2)c2ccccc2N1. The first kappa shape index (κ1) is 20.3. The first-order valence-corrected chi connectivity index (χ1v) is 11.1. The van der Waals surface area contributed by atoms with Crippen LogP contribution >= 0.6 is 11.6 Å². The molecule has 2 aromatic carbocycles. The van der Waals surface area contributed by atoms with E-state index in [4.69, 9.17) is 21.1 Å². The summed E-state index contributed by atoms with van der Waals surface area (Å²) in [5.74, 6) is 0.218. The van der Waals surface area contributed by atoms with Crippen LogP contribution in [0.4, 0.5) is 5.69 Å². The zero-order valence-electron chi connectivity index (χ0n) is 17.2. The molecule has 3 aliphatic rings. The van der Waals surface area contributed by atoms with Gasteiger partial charge in [-0.1, -0.05) is 29.8 Å². The number of carbonyl (C=O) groups is 2. The Hall–Kier alpha value is -2.57. The van der Waals surface area contributed by atoms with E-state index in [1.165, 1.54) is 0 Å². The van der Waals surface area contributed by atoms with E-state index in [-0.39, 0.29) is 29.9 Å². The lowest BCUT2D eigenvalue weighted by molar-refractivity contribution is -0.142. The minimum absolute atomic E-state index is 0.00652. The lowest BCUT2D eigenvalue weighted by Gasteiger charge is -2.41. The Kier molecular flexibility index (Phi) is 5.36. The molecular formula is C24H25ClN2O4. The molecule has 1 spiro atoms. The van der Waals surface area contributed by atoms with E-state index in [0.717, 1.165) is 36.3 Å². The maximum atomic E-state index is 13.5. The molecule has 7 heteroatoms. The Balaban J connectivity index is 1.28. The highest BCUT2D eigenvalue weighted by atomic mass is 35.5. The number of amides is 2. The molecule has 31 heavy (non-hydrogen) atoms. The van der Waals surface area contributed by atoms with Gasteiger partial charge in [-0.2, -0.15) is 0 Å². The number of nitrogens with one attached hydrogen (secondary N) is 1. The summed E-state index contributed by atoms with van der Waals surface area (Å²) in [6.45, 7) is 1.72. The minimum Gasteiger partial charge on any atom is -0.488 e. The van der Waals surface area contributed by atoms with Gasteiger partial charge in [0.1, 0.15) is 11.9 Å². The number of anilines is 1. The van der Waals surface area contributed by atoms with Gasteiger partial charge >= 0.3 is 0 Å². The third-order valence-electron chi connectivity index (χ3n) is 6.44. The fourth-order valence-corrected chi connectivity index (χ4v) is 5.13. The molecule has 0 bridgehead atoms. The summed E-state index contributed by atoms with van der Waals surface area (Å²) in [4.78, 5) is 27.5. The summed E-state index contributed by atoms with van der Waals surface area (Å²) in [5, 5.41) is 3.54. The Morgan fingerprint density at radius 2 is 2.00 bits per heavy atom. The largest absolute Gasteiger partial charge is 0.488 e. The predicted molar refractivity (Wildman–Crippen MR) is 117 cm³/mol. The van der Waals surface area contributed by atoms with Crippen molar-refractivity contribution in [2.45, 2.75) is 43.3 Å². The van der Waals surface area contributed by atoms with Crippen LogP contribution in [0.25, 0.3) is 0 Å². The van der Waals surface area contributed by atoms with Crippen LogP contribution in [0.1, 0.15) is 37.2 Å². The summed E-state index contributed by atoms with van der Waals surface area (Å²) in [6.07, 6.45) is 2.64. The number of piperidine rings is 1. The molecule has 3 atom stereocenters. The van der Waals surface area contributed by atoms with Crippen molar-refractivity contribution in [1.29, 1.82) is 0 Å². The van der Waals surface area contributed by atoms with E-state index in [1.807, 2.05) is 53.4 Å². The van der Waals surface area contributed by atoms with Gasteiger partial charge in [-0.05, 0) is 48.7 Å². The van der Waals surface area contributed by atoms with Crippen molar-refractivity contribution in [2.24, 2.45) is 0 Å². The molecule has 1 N–H and O–H groups in total. The number of rotatable bonds is 3. The summed E-state index contributed by atoms with van der Waals surface area (Å²) in [5.41, 5.74) is 1.24. The lowest BCUT2D eigenvalue weighted by Crippen LogP contribution is -2.52. The number of benzene rings is 2. The number of hydrogen-bond donors (Lipinski definition) is 1. The fraction of sp³-hybridized carbons (Fsp3) is 0.417. The first-order valence-electron chi connectivity index (χ1n) is 10.8. The molecule has 0 saturated carbocycles. The monoisotopic (exact) mass is 440 g/mol. The zero-order chi connectivity index (χ0) is 21.4. The molecule has 2 saturated heterocycles. The second-order valence-electron chi connectivity index (χ2n) is 8.65. The molecule has 2 fully saturated rings. The van der Waals surface area contributed by atoms with Crippen molar-refractivity contribution in [2.75, 3.05) is 25.0 Å². The van der Waals surface area contributed by atoms with E-state index in [0.29, 0.717) is 24.7 Å². The van der Waals surface area contributed by atoms with Gasteiger partial charge in [0.15, 0.2) is 0 Å². The van der Waals surface area contributed by atoms with Crippen molar-refractivity contribution < 1.29 is 19.1 Å². The van der Waals surface area contributed by atoms with Gasteiger partial charge in [0.25, 0.3) is 0 Å². The smallest absolute Gasteiger partial charge is 0.230 e. The second-order valence-corrected chi connectivity index (χ2v) is 9.08. The molecule has 2 amide bonds. The predicted octanol–water partition coefficient (Wildman–Crippen LogP) is 3.99. The van der Waals surface area contributed by atoms with E-state index in [2.05, 4.69) is 5.32 Å². The van der Waals surface area contributed by atoms with Crippen LogP contribution in [0, 0.1) is 0 Å². The van der Waals surface area contributed by atoms with E-state index in [9.17, 15) is 9.59 Å². The highest BCUT2D eigenvalue weighted by Crippen LogP contribution is 2.39. The molecule has 0 radical (unpaired) electrons. The number of carbonyl (C=O) groups excluding carboxylic acids is 2. The van der Waals surface area contributed by atoms with Crippen molar-refractivity contribution in [3.8, 4) is 5.75 Å². The average molecular weight is 441 g/mol. The van der Waals surface area contributed by atoms with Crippen LogP contribution in [0.5, 0.6) is 5.75 Å². The molecule has 5 rings (SSSR count). The fourth-order valence-electron chi connectivity index (χ4n) is 5.01. The molecule has 2 aromatic rings. The highest BCUT2D eigenvalue weighted by Gasteiger charge is 2.46. The number of ether oxygens (including phenoxy) is 2. The quantitative estimate of drug-likeness (QED) is 0.783. The summed E-state index contributed by atoms with van der Waals surface area (Å²) >= 11 is 5.95. The first-order chi connectivity index (χ1) is 15.0. The molecule has 0 aromatic heterocycles. The van der Waals surface area contributed by atoms with Crippen LogP contribution in [-0.2, 0) is 14.3 Å². The van der Waals surface area contributed by atoms with E-state index in [1.54, 1.807) is 0 Å². The zero-order valence-corrected chi connectivity index (χ0v) is 17.9. The number of hydrogen-bond acceptors (Lipinski definition) is 4. The number of para-hydroxylation sites is 1. The van der Waals surface area contributed by atoms with Gasteiger partial charge in [0.05, 0.1) is 18.1 Å². The highest BCUT2D eigenvalue weighted by molar-refractivity contribution is 6.30. The summed E-state index contributed by atoms with van der Waals surface area (Å²) in [7, 11) is 0. The average Bonchev–Trinajstić information content (AvgIpc) is 3.15. The topological polar surface area (TPSA) is 67.9 Å². The normalized spacial score (nSPS) is 27.6. The third kappa shape index (κ3) is 4.14. The standard InChI is InChI=1S/C24H25ClN2O4/c25-16-6-8-17(9-7-16)31-18-13-24(30-14-18)10-3-11-27(15-24)23(29)20-12-22(28)26-21-5-2-1-4-19(20)21/h1-2,4-9,18,20H,3,10-15H2,(H,26,28)/t18-,20+,24+/m1/s1. The van der Waals surface area contributed by atoms with Gasteiger partial charge in [-0.25, -0.2) is 0 Å². The Morgan fingerprint density at radius 1 is 1.19 bits per heavy atom. The molecule has 0 aliphatic carbocycles. The lowest BCUT2D eigenvalue weighted by atomic mass is 9.85. The van der Waals surface area contributed by atoms with Crippen LogP contribution in [0.2, 0.25) is 5.02 Å². The van der Waals surface area contributed by atoms with Crippen molar-refractivity contribution >= 4 is 29.1 Å². The Morgan fingerprint density at radius 3 is 2.84 bits per heavy atom. The Bertz CT molecular complexity index is 995. The molecule has 6 nitrogen and oxygen atoms in total. The van der Waals surface area contributed by atoms with Crippen LogP contribution in [-0.4, -0.2) is 48.1 Å². The van der Waals surface area contributed by atoms with Crippen LogP contribution in [0.15, 0.2) is 48.5 Å². The van der Waals surface area contributed by atoms with Gasteiger partial charge in [-0.15, -0.1) is 0 Å². The van der Waals surface area contributed by atoms with Gasteiger partial charge in [0, 0.05) is 36.6 Å². The molecule has 3 aliphatic heterocycles. The number of fused-ring (bicyclic) bond motifs is 1. The number of nitrogens with zero attached hydrogens (tertiary/aromatic N) is 1. The van der Waals surface area contributed by atoms with Crippen LogP contribution < -0.4 is 10.1 Å². The summed E-state index contributed by atoms with van der Waals surface area (Å²) < 4.78 is 12.3. The van der Waals surface area contributed by atoms with Crippen molar-refractivity contribution in [3.05, 3.63) is 59.1 Å². The van der Waals surface area contributed by atoms with Crippen LogP contribution in [0.3, 0.4) is 0 Å². The van der Waals surface area contributed by atoms with Crippen molar-refractivity contribution in [3.63, 3.8) is 0 Å². The molecule has 162 valence electrons. The second kappa shape index (κ2) is 8.17. The number of halogens is 1. The molecular weight excluding hydrogens is 416 g/mol. The third-order valence-corrected chi connectivity index (χ3v) is 6.69. The number of likely N-dealkylation sites (tertiary alicyclic amines) is 1. The van der Waals surface area contributed by atoms with Crippen molar-refractivity contribution in [1.82, 2.24) is 4.90 Å². The van der Waals surface area contributed by atoms with E-state index >= 15 is 0 Å². The summed E-state index contributed by atoms with van der Waals surface area (Å²) in [6, 6.07) is 14.9. The van der Waals surface area contributed by atoms with Gasteiger partial charge in [-0.3, -0.25) is 9.59 Å². The van der Waals surface area contributed by atoms with Gasteiger partial charge < -0.3 is 19.7 Å². The Labute approximate surface area is 186 Å². The molecule has 0 unspecified atom stereocenters. The maximum absolute atomic E-state index is 13.5. The maximum Gasteiger partial charge on any atom is 0.230 e. The molecule has 3 heterocycles. The van der Waals surface area contributed by atoms with Gasteiger partial charge in [0.2, 0.25) is 11.8 Å². The minimum atomic E-state index is -0.442.